The van der Waals surface area contributed by atoms with E-state index in [1.807, 2.05) is 0 Å². The molecular formula is C9H14ClN3O2. The summed E-state index contributed by atoms with van der Waals surface area (Å²) in [6.07, 6.45) is 3.73. The van der Waals surface area contributed by atoms with Crippen LogP contribution in [0.25, 0.3) is 0 Å². The molecule has 1 unspecified atom stereocenters. The number of hydrogen-bond donors (Lipinski definition) is 2. The smallest absolute Gasteiger partial charge is 0.290 e. The van der Waals surface area contributed by atoms with Gasteiger partial charge in [-0.2, -0.15) is 0 Å². The molecule has 0 saturated carbocycles. The molecule has 84 valence electrons. The molecule has 1 aromatic rings. The van der Waals surface area contributed by atoms with E-state index in [1.54, 1.807) is 7.11 Å². The summed E-state index contributed by atoms with van der Waals surface area (Å²) in [4.78, 5) is 17.6. The van der Waals surface area contributed by atoms with Crippen molar-refractivity contribution >= 4 is 17.4 Å². The molecule has 0 spiro atoms. The van der Waals surface area contributed by atoms with E-state index in [0.29, 0.717) is 25.4 Å². The van der Waals surface area contributed by atoms with Crippen LogP contribution in [-0.2, 0) is 4.74 Å². The molecule has 15 heavy (non-hydrogen) atoms. The first-order valence-electron chi connectivity index (χ1n) is 4.64. The molecule has 0 saturated heterocycles. The maximum Gasteiger partial charge on any atom is 0.290 e. The zero-order valence-corrected chi connectivity index (χ0v) is 9.25. The van der Waals surface area contributed by atoms with Gasteiger partial charge in [0.25, 0.3) is 5.56 Å². The number of aromatic amines is 1. The van der Waals surface area contributed by atoms with Crippen LogP contribution in [0.3, 0.4) is 0 Å². The fourth-order valence-electron chi connectivity index (χ4n) is 1.09. The number of aromatic nitrogens is 2. The molecule has 0 amide bonds. The molecule has 5 nitrogen and oxygen atoms in total. The number of nitrogens with one attached hydrogen (secondary N) is 2. The van der Waals surface area contributed by atoms with Crippen LogP contribution in [-0.4, -0.2) is 35.6 Å². The van der Waals surface area contributed by atoms with Gasteiger partial charge in [-0.1, -0.05) is 0 Å². The Bertz CT molecular complexity index is 342. The highest BCUT2D eigenvalue weighted by Crippen LogP contribution is 2.02. The zero-order valence-electron chi connectivity index (χ0n) is 8.50. The SMILES string of the molecule is COCC(Cl)CCNc1ncc[nH]c1=O. The standard InChI is InChI=1S/C9H14ClN3O2/c1-15-6-7(10)2-3-11-8-9(14)13-5-4-12-8/h4-5,7H,2-3,6H2,1H3,(H,11,12)(H,13,14). The highest BCUT2D eigenvalue weighted by Gasteiger charge is 2.04. The lowest BCUT2D eigenvalue weighted by molar-refractivity contribution is 0.196. The number of hydrogen-bond acceptors (Lipinski definition) is 4. The second-order valence-corrected chi connectivity index (χ2v) is 3.65. The van der Waals surface area contributed by atoms with E-state index < -0.39 is 0 Å². The number of methoxy groups -OCH3 is 1. The number of alkyl halides is 1. The second kappa shape index (κ2) is 6.42. The molecule has 0 aliphatic carbocycles. The minimum atomic E-state index is -0.227. The molecular weight excluding hydrogens is 218 g/mol. The van der Waals surface area contributed by atoms with Gasteiger partial charge in [-0.25, -0.2) is 4.98 Å². The second-order valence-electron chi connectivity index (χ2n) is 3.03. The van der Waals surface area contributed by atoms with Gasteiger partial charge in [-0.3, -0.25) is 4.79 Å². The van der Waals surface area contributed by atoms with Gasteiger partial charge in [0.15, 0.2) is 5.82 Å². The lowest BCUT2D eigenvalue weighted by atomic mass is 10.3. The van der Waals surface area contributed by atoms with Gasteiger partial charge in [0, 0.05) is 26.0 Å². The minimum absolute atomic E-state index is 0.0507. The third kappa shape index (κ3) is 4.31. The highest BCUT2D eigenvalue weighted by atomic mass is 35.5. The Morgan fingerprint density at radius 1 is 1.73 bits per heavy atom. The van der Waals surface area contributed by atoms with E-state index in [1.165, 1.54) is 12.4 Å². The Kier molecular flexibility index (Phi) is 5.14. The quantitative estimate of drug-likeness (QED) is 0.712. The zero-order chi connectivity index (χ0) is 11.1. The lowest BCUT2D eigenvalue weighted by Crippen LogP contribution is -2.19. The summed E-state index contributed by atoms with van der Waals surface area (Å²) in [7, 11) is 1.60. The summed E-state index contributed by atoms with van der Waals surface area (Å²) in [5, 5.41) is 2.86. The van der Waals surface area contributed by atoms with Crippen molar-refractivity contribution in [2.75, 3.05) is 25.6 Å². The van der Waals surface area contributed by atoms with Crippen LogP contribution in [0.1, 0.15) is 6.42 Å². The van der Waals surface area contributed by atoms with Crippen LogP contribution in [0.2, 0.25) is 0 Å². The normalized spacial score (nSPS) is 12.4. The molecule has 1 atom stereocenters. The third-order valence-electron chi connectivity index (χ3n) is 1.81. The molecule has 1 rings (SSSR count). The average Bonchev–Trinajstić information content (AvgIpc) is 2.21. The van der Waals surface area contributed by atoms with Crippen molar-refractivity contribution in [3.05, 3.63) is 22.7 Å². The van der Waals surface area contributed by atoms with E-state index in [0.717, 1.165) is 0 Å². The minimum Gasteiger partial charge on any atom is -0.383 e. The molecule has 0 radical (unpaired) electrons. The van der Waals surface area contributed by atoms with Crippen LogP contribution in [0, 0.1) is 0 Å². The van der Waals surface area contributed by atoms with Gasteiger partial charge in [0.2, 0.25) is 0 Å². The van der Waals surface area contributed by atoms with Crippen LogP contribution in [0.15, 0.2) is 17.2 Å². The fourth-order valence-corrected chi connectivity index (χ4v) is 1.32. The predicted molar refractivity (Wildman–Crippen MR) is 59.5 cm³/mol. The van der Waals surface area contributed by atoms with Crippen molar-refractivity contribution in [2.24, 2.45) is 0 Å². The van der Waals surface area contributed by atoms with Gasteiger partial charge >= 0.3 is 0 Å². The van der Waals surface area contributed by atoms with E-state index in [4.69, 9.17) is 16.3 Å². The average molecular weight is 232 g/mol. The summed E-state index contributed by atoms with van der Waals surface area (Å²) >= 11 is 5.92. The number of nitrogens with zero attached hydrogens (tertiary/aromatic N) is 1. The Labute approximate surface area is 92.8 Å². The number of rotatable bonds is 6. The van der Waals surface area contributed by atoms with Gasteiger partial charge in [0.05, 0.1) is 12.0 Å². The molecule has 1 aromatic heterocycles. The third-order valence-corrected chi connectivity index (χ3v) is 2.15. The Morgan fingerprint density at radius 3 is 3.20 bits per heavy atom. The summed E-state index contributed by atoms with van der Waals surface area (Å²) in [5.74, 6) is 0.318. The number of anilines is 1. The maximum atomic E-state index is 11.2. The van der Waals surface area contributed by atoms with Gasteiger partial charge in [-0.15, -0.1) is 11.6 Å². The molecule has 0 aliphatic rings. The summed E-state index contributed by atoms with van der Waals surface area (Å²) in [6, 6.07) is 0. The summed E-state index contributed by atoms with van der Waals surface area (Å²) in [6.45, 7) is 1.10. The maximum absolute atomic E-state index is 11.2. The Hall–Kier alpha value is -1.07. The molecule has 0 fully saturated rings. The van der Waals surface area contributed by atoms with Crippen molar-refractivity contribution in [1.29, 1.82) is 0 Å². The summed E-state index contributed by atoms with van der Waals surface area (Å²) < 4.78 is 4.89. The molecule has 0 aromatic carbocycles. The molecule has 0 bridgehead atoms. The van der Waals surface area contributed by atoms with E-state index in [-0.39, 0.29) is 10.9 Å². The largest absolute Gasteiger partial charge is 0.383 e. The first-order chi connectivity index (χ1) is 7.24. The van der Waals surface area contributed by atoms with Crippen molar-refractivity contribution in [3.63, 3.8) is 0 Å². The van der Waals surface area contributed by atoms with E-state index in [9.17, 15) is 4.79 Å². The Balaban J connectivity index is 2.32. The predicted octanol–water partition coefficient (Wildman–Crippen LogP) is 0.826. The van der Waals surface area contributed by atoms with Crippen molar-refractivity contribution in [3.8, 4) is 0 Å². The first-order valence-corrected chi connectivity index (χ1v) is 5.08. The van der Waals surface area contributed by atoms with E-state index >= 15 is 0 Å². The fraction of sp³-hybridized carbons (Fsp3) is 0.556. The summed E-state index contributed by atoms with van der Waals surface area (Å²) in [5.41, 5.74) is -0.227. The van der Waals surface area contributed by atoms with Crippen LogP contribution in [0.5, 0.6) is 0 Å². The van der Waals surface area contributed by atoms with Crippen LogP contribution in [0.4, 0.5) is 5.82 Å². The first kappa shape index (κ1) is 12.0. The van der Waals surface area contributed by atoms with Crippen LogP contribution < -0.4 is 10.9 Å². The highest BCUT2D eigenvalue weighted by molar-refractivity contribution is 6.20. The topological polar surface area (TPSA) is 67.0 Å². The lowest BCUT2D eigenvalue weighted by Gasteiger charge is -2.08. The van der Waals surface area contributed by atoms with Crippen molar-refractivity contribution < 1.29 is 4.74 Å². The number of ether oxygens (including phenoxy) is 1. The van der Waals surface area contributed by atoms with Crippen LogP contribution >= 0.6 is 11.6 Å². The monoisotopic (exact) mass is 231 g/mol. The molecule has 1 heterocycles. The van der Waals surface area contributed by atoms with Gasteiger partial charge in [0.1, 0.15) is 0 Å². The van der Waals surface area contributed by atoms with Gasteiger partial charge in [-0.05, 0) is 6.42 Å². The van der Waals surface area contributed by atoms with Crippen molar-refractivity contribution in [1.82, 2.24) is 9.97 Å². The Morgan fingerprint density at radius 2 is 2.53 bits per heavy atom. The number of halogens is 1. The molecule has 2 N–H and O–H groups in total. The van der Waals surface area contributed by atoms with E-state index in [2.05, 4.69) is 15.3 Å². The molecule has 6 heteroatoms. The number of H-pyrrole nitrogens is 1. The van der Waals surface area contributed by atoms with Gasteiger partial charge < -0.3 is 15.0 Å². The van der Waals surface area contributed by atoms with Crippen molar-refractivity contribution in [2.45, 2.75) is 11.8 Å². The molecule has 0 aliphatic heterocycles.